The first-order valence-corrected chi connectivity index (χ1v) is 5.68. The van der Waals surface area contributed by atoms with Crippen LogP contribution in [0.15, 0.2) is 42.6 Å². The van der Waals surface area contributed by atoms with E-state index in [1.165, 1.54) is 0 Å². The molecule has 0 amide bonds. The maximum Gasteiger partial charge on any atom is 0.145 e. The number of hydrogen-bond acceptors (Lipinski definition) is 3. The van der Waals surface area contributed by atoms with E-state index in [0.29, 0.717) is 6.54 Å². The molecular formula is C14H16N2O. The van der Waals surface area contributed by atoms with E-state index in [4.69, 9.17) is 10.5 Å². The number of pyridine rings is 1. The SMILES string of the molecule is Cc1ccc(Oc2ccccc2CCN)cn1. The molecule has 0 saturated heterocycles. The molecule has 0 spiro atoms. The highest BCUT2D eigenvalue weighted by Gasteiger charge is 2.03. The molecule has 0 unspecified atom stereocenters. The number of benzene rings is 1. The first-order chi connectivity index (χ1) is 8.29. The van der Waals surface area contributed by atoms with Crippen LogP contribution in [-0.4, -0.2) is 11.5 Å². The van der Waals surface area contributed by atoms with Gasteiger partial charge in [-0.25, -0.2) is 0 Å². The molecule has 88 valence electrons. The number of para-hydroxylation sites is 1. The van der Waals surface area contributed by atoms with Crippen molar-refractivity contribution in [3.05, 3.63) is 53.9 Å². The lowest BCUT2D eigenvalue weighted by atomic mass is 10.1. The van der Waals surface area contributed by atoms with Gasteiger partial charge in [0.1, 0.15) is 11.5 Å². The molecule has 17 heavy (non-hydrogen) atoms. The van der Waals surface area contributed by atoms with E-state index in [1.807, 2.05) is 43.3 Å². The van der Waals surface area contributed by atoms with Gasteiger partial charge < -0.3 is 10.5 Å². The number of aryl methyl sites for hydroxylation is 1. The van der Waals surface area contributed by atoms with Crippen LogP contribution in [-0.2, 0) is 6.42 Å². The van der Waals surface area contributed by atoms with Gasteiger partial charge in [0.05, 0.1) is 6.20 Å². The number of nitrogens with two attached hydrogens (primary N) is 1. The third-order valence-corrected chi connectivity index (χ3v) is 2.50. The summed E-state index contributed by atoms with van der Waals surface area (Å²) in [7, 11) is 0. The Morgan fingerprint density at radius 1 is 1.18 bits per heavy atom. The van der Waals surface area contributed by atoms with E-state index in [9.17, 15) is 0 Å². The third kappa shape index (κ3) is 3.04. The predicted octanol–water partition coefficient (Wildman–Crippen LogP) is 2.68. The Morgan fingerprint density at radius 3 is 2.71 bits per heavy atom. The summed E-state index contributed by atoms with van der Waals surface area (Å²) in [5, 5.41) is 0. The molecule has 1 heterocycles. The minimum Gasteiger partial charge on any atom is -0.455 e. The predicted molar refractivity (Wildman–Crippen MR) is 68.2 cm³/mol. The molecule has 0 aliphatic heterocycles. The molecule has 2 N–H and O–H groups in total. The number of nitrogens with zero attached hydrogens (tertiary/aromatic N) is 1. The summed E-state index contributed by atoms with van der Waals surface area (Å²) in [6.45, 7) is 2.57. The van der Waals surface area contributed by atoms with Crippen molar-refractivity contribution in [2.45, 2.75) is 13.3 Å². The van der Waals surface area contributed by atoms with Crippen molar-refractivity contribution < 1.29 is 4.74 Å². The molecule has 0 atom stereocenters. The minimum atomic E-state index is 0.618. The molecule has 0 aliphatic rings. The quantitative estimate of drug-likeness (QED) is 0.875. The summed E-state index contributed by atoms with van der Waals surface area (Å²) >= 11 is 0. The molecule has 3 heteroatoms. The Balaban J connectivity index is 2.20. The molecule has 1 aromatic heterocycles. The van der Waals surface area contributed by atoms with Gasteiger partial charge in [-0.1, -0.05) is 18.2 Å². The number of hydrogen-bond donors (Lipinski definition) is 1. The largest absolute Gasteiger partial charge is 0.455 e. The van der Waals surface area contributed by atoms with E-state index in [-0.39, 0.29) is 0 Å². The van der Waals surface area contributed by atoms with Crippen LogP contribution in [0.4, 0.5) is 0 Å². The van der Waals surface area contributed by atoms with Crippen LogP contribution in [0, 0.1) is 6.92 Å². The third-order valence-electron chi connectivity index (χ3n) is 2.50. The zero-order chi connectivity index (χ0) is 12.1. The van der Waals surface area contributed by atoms with E-state index >= 15 is 0 Å². The van der Waals surface area contributed by atoms with Crippen molar-refractivity contribution in [1.82, 2.24) is 4.98 Å². The summed E-state index contributed by atoms with van der Waals surface area (Å²) in [4.78, 5) is 4.20. The Hall–Kier alpha value is -1.87. The standard InChI is InChI=1S/C14H16N2O/c1-11-6-7-13(10-16-11)17-14-5-3-2-4-12(14)8-9-15/h2-7,10H,8-9,15H2,1H3. The van der Waals surface area contributed by atoms with E-state index in [0.717, 1.165) is 29.2 Å². The summed E-state index contributed by atoms with van der Waals surface area (Å²) in [5.41, 5.74) is 7.67. The molecule has 0 fully saturated rings. The first-order valence-electron chi connectivity index (χ1n) is 5.68. The van der Waals surface area contributed by atoms with Gasteiger partial charge in [-0.05, 0) is 43.7 Å². The molecule has 0 bridgehead atoms. The highest BCUT2D eigenvalue weighted by molar-refractivity contribution is 5.37. The lowest BCUT2D eigenvalue weighted by molar-refractivity contribution is 0.473. The van der Waals surface area contributed by atoms with Crippen LogP contribution in [0.25, 0.3) is 0 Å². The molecule has 0 aliphatic carbocycles. The van der Waals surface area contributed by atoms with Crippen molar-refractivity contribution in [1.29, 1.82) is 0 Å². The molecular weight excluding hydrogens is 212 g/mol. The first kappa shape index (κ1) is 11.6. The van der Waals surface area contributed by atoms with Gasteiger partial charge in [-0.15, -0.1) is 0 Å². The minimum absolute atomic E-state index is 0.618. The van der Waals surface area contributed by atoms with Crippen LogP contribution in [0.2, 0.25) is 0 Å². The van der Waals surface area contributed by atoms with Crippen LogP contribution in [0.1, 0.15) is 11.3 Å². The lowest BCUT2D eigenvalue weighted by Gasteiger charge is -2.10. The Morgan fingerprint density at radius 2 is 2.00 bits per heavy atom. The van der Waals surface area contributed by atoms with Gasteiger partial charge in [0, 0.05) is 5.69 Å². The normalized spacial score (nSPS) is 10.2. The van der Waals surface area contributed by atoms with Crippen molar-refractivity contribution in [3.63, 3.8) is 0 Å². The maximum absolute atomic E-state index is 5.80. The van der Waals surface area contributed by atoms with Crippen LogP contribution < -0.4 is 10.5 Å². The second kappa shape index (κ2) is 5.46. The van der Waals surface area contributed by atoms with Crippen molar-refractivity contribution in [2.24, 2.45) is 5.73 Å². The number of aromatic nitrogens is 1. The van der Waals surface area contributed by atoms with Gasteiger partial charge in [0.25, 0.3) is 0 Å². The smallest absolute Gasteiger partial charge is 0.145 e. The molecule has 0 radical (unpaired) electrons. The monoisotopic (exact) mass is 228 g/mol. The molecule has 3 nitrogen and oxygen atoms in total. The zero-order valence-electron chi connectivity index (χ0n) is 9.89. The van der Waals surface area contributed by atoms with Crippen LogP contribution >= 0.6 is 0 Å². The second-order valence-electron chi connectivity index (χ2n) is 3.88. The topological polar surface area (TPSA) is 48.1 Å². The maximum atomic E-state index is 5.80. The average Bonchev–Trinajstić information content (AvgIpc) is 2.35. The second-order valence-corrected chi connectivity index (χ2v) is 3.88. The molecule has 0 saturated carbocycles. The van der Waals surface area contributed by atoms with Crippen LogP contribution in [0.3, 0.4) is 0 Å². The molecule has 1 aromatic carbocycles. The van der Waals surface area contributed by atoms with Crippen molar-refractivity contribution >= 4 is 0 Å². The average molecular weight is 228 g/mol. The fourth-order valence-electron chi connectivity index (χ4n) is 1.61. The fourth-order valence-corrected chi connectivity index (χ4v) is 1.61. The highest BCUT2D eigenvalue weighted by atomic mass is 16.5. The number of rotatable bonds is 4. The Labute approximate surface area is 101 Å². The van der Waals surface area contributed by atoms with Crippen molar-refractivity contribution in [2.75, 3.05) is 6.54 Å². The van der Waals surface area contributed by atoms with Gasteiger partial charge in [0.2, 0.25) is 0 Å². The Bertz CT molecular complexity index is 480. The summed E-state index contributed by atoms with van der Waals surface area (Å²) in [6.07, 6.45) is 2.55. The van der Waals surface area contributed by atoms with Gasteiger partial charge in [-0.2, -0.15) is 0 Å². The molecule has 2 rings (SSSR count). The van der Waals surface area contributed by atoms with E-state index in [1.54, 1.807) is 6.20 Å². The summed E-state index contributed by atoms with van der Waals surface area (Å²) in [5.74, 6) is 1.60. The van der Waals surface area contributed by atoms with E-state index < -0.39 is 0 Å². The van der Waals surface area contributed by atoms with Gasteiger partial charge >= 0.3 is 0 Å². The van der Waals surface area contributed by atoms with Crippen molar-refractivity contribution in [3.8, 4) is 11.5 Å². The summed E-state index contributed by atoms with van der Waals surface area (Å²) in [6, 6.07) is 11.8. The zero-order valence-corrected chi connectivity index (χ0v) is 9.89. The van der Waals surface area contributed by atoms with Gasteiger partial charge in [0.15, 0.2) is 0 Å². The fraction of sp³-hybridized carbons (Fsp3) is 0.214. The molecule has 2 aromatic rings. The van der Waals surface area contributed by atoms with Gasteiger partial charge in [-0.3, -0.25) is 4.98 Å². The van der Waals surface area contributed by atoms with Crippen LogP contribution in [0.5, 0.6) is 11.5 Å². The highest BCUT2D eigenvalue weighted by Crippen LogP contribution is 2.24. The number of ether oxygens (including phenoxy) is 1. The summed E-state index contributed by atoms with van der Waals surface area (Å²) < 4.78 is 5.80. The Kier molecular flexibility index (Phi) is 3.73. The van der Waals surface area contributed by atoms with E-state index in [2.05, 4.69) is 4.98 Å². The lowest BCUT2D eigenvalue weighted by Crippen LogP contribution is -2.03.